The molecule has 22 heavy (non-hydrogen) atoms. The topological polar surface area (TPSA) is 37.9 Å². The van der Waals surface area contributed by atoms with E-state index in [0.29, 0.717) is 6.61 Å². The first kappa shape index (κ1) is 15.3. The van der Waals surface area contributed by atoms with Crippen molar-refractivity contribution in [2.45, 2.75) is 19.0 Å². The van der Waals surface area contributed by atoms with Crippen molar-refractivity contribution in [2.75, 3.05) is 12.4 Å². The maximum atomic E-state index is 6.16. The summed E-state index contributed by atoms with van der Waals surface area (Å²) in [6.45, 7) is 4.61. The summed E-state index contributed by atoms with van der Waals surface area (Å²) in [6, 6.07) is 12.0. The minimum Gasteiger partial charge on any atom is -0.493 e. The highest BCUT2D eigenvalue weighted by atomic mass is 35.5. The smallest absolute Gasteiger partial charge is 0.166 e. The van der Waals surface area contributed by atoms with Gasteiger partial charge in [-0.1, -0.05) is 35.5 Å². The molecular formula is C17H17ClN2OS. The quantitative estimate of drug-likeness (QED) is 0.527. The van der Waals surface area contributed by atoms with Crippen molar-refractivity contribution in [3.8, 4) is 5.75 Å². The fourth-order valence-electron chi connectivity index (χ4n) is 2.29. The Kier molecular flexibility index (Phi) is 4.60. The van der Waals surface area contributed by atoms with Crippen molar-refractivity contribution < 1.29 is 4.74 Å². The zero-order chi connectivity index (χ0) is 15.5. The molecule has 0 unspecified atom stereocenters. The third-order valence-corrected chi connectivity index (χ3v) is 4.80. The fraction of sp³-hybridized carbons (Fsp3) is 0.235. The lowest BCUT2D eigenvalue weighted by atomic mass is 10.1. The van der Waals surface area contributed by atoms with E-state index in [-0.39, 0.29) is 0 Å². The number of hydrogen-bond donors (Lipinski definition) is 1. The molecule has 0 amide bonds. The van der Waals surface area contributed by atoms with Gasteiger partial charge in [-0.2, -0.15) is 0 Å². The number of thioether (sulfide) groups is 1. The molecule has 5 heteroatoms. The zero-order valence-corrected chi connectivity index (χ0v) is 14.1. The zero-order valence-electron chi connectivity index (χ0n) is 12.5. The first-order chi connectivity index (χ1) is 10.6. The molecule has 0 bridgehead atoms. The van der Waals surface area contributed by atoms with Gasteiger partial charge >= 0.3 is 0 Å². The summed E-state index contributed by atoms with van der Waals surface area (Å²) in [6.07, 6.45) is 0. The van der Waals surface area contributed by atoms with Crippen LogP contribution in [0.25, 0.3) is 11.0 Å². The highest BCUT2D eigenvalue weighted by Gasteiger charge is 2.05. The Morgan fingerprint density at radius 3 is 2.64 bits per heavy atom. The fourth-order valence-corrected chi connectivity index (χ4v) is 3.10. The molecule has 1 N–H and O–H groups in total. The van der Waals surface area contributed by atoms with Crippen LogP contribution in [0.2, 0.25) is 5.02 Å². The average Bonchev–Trinajstić information content (AvgIpc) is 2.92. The van der Waals surface area contributed by atoms with Crippen LogP contribution in [0.5, 0.6) is 5.75 Å². The number of aromatic nitrogens is 2. The molecule has 1 heterocycles. The Hall–Kier alpha value is -1.65. The molecule has 0 saturated carbocycles. The van der Waals surface area contributed by atoms with Crippen LogP contribution < -0.4 is 4.74 Å². The van der Waals surface area contributed by atoms with Crippen molar-refractivity contribution in [3.63, 3.8) is 0 Å². The molecule has 3 rings (SSSR count). The van der Waals surface area contributed by atoms with Crippen molar-refractivity contribution in [1.29, 1.82) is 0 Å². The van der Waals surface area contributed by atoms with E-state index in [1.54, 1.807) is 11.8 Å². The molecule has 0 radical (unpaired) electrons. The highest BCUT2D eigenvalue weighted by Crippen LogP contribution is 2.26. The van der Waals surface area contributed by atoms with Crippen LogP contribution >= 0.6 is 23.4 Å². The van der Waals surface area contributed by atoms with Gasteiger partial charge in [0.2, 0.25) is 0 Å². The summed E-state index contributed by atoms with van der Waals surface area (Å²) in [5, 5.41) is 1.73. The van der Waals surface area contributed by atoms with Gasteiger partial charge in [0.15, 0.2) is 5.16 Å². The minimum absolute atomic E-state index is 0.627. The van der Waals surface area contributed by atoms with Crippen LogP contribution in [-0.2, 0) is 0 Å². The molecule has 0 aliphatic carbocycles. The predicted octanol–water partition coefficient (Wildman–Crippen LogP) is 5.00. The van der Waals surface area contributed by atoms with Gasteiger partial charge in [-0.3, -0.25) is 0 Å². The Labute approximate surface area is 139 Å². The molecule has 0 spiro atoms. The molecule has 0 saturated heterocycles. The van der Waals surface area contributed by atoms with Crippen LogP contribution in [0.3, 0.4) is 0 Å². The lowest BCUT2D eigenvalue weighted by Crippen LogP contribution is -2.01. The lowest BCUT2D eigenvalue weighted by Gasteiger charge is -2.09. The van der Waals surface area contributed by atoms with Crippen molar-refractivity contribution in [2.24, 2.45) is 0 Å². The van der Waals surface area contributed by atoms with Crippen LogP contribution in [0.1, 0.15) is 11.1 Å². The van der Waals surface area contributed by atoms with Gasteiger partial charge in [0.1, 0.15) is 5.75 Å². The van der Waals surface area contributed by atoms with Gasteiger partial charge in [0.05, 0.1) is 17.6 Å². The average molecular weight is 333 g/mol. The number of para-hydroxylation sites is 2. The summed E-state index contributed by atoms with van der Waals surface area (Å²) in [7, 11) is 0. The Balaban J connectivity index is 1.55. The van der Waals surface area contributed by atoms with E-state index in [9.17, 15) is 0 Å². The van der Waals surface area contributed by atoms with Gasteiger partial charge in [-0.15, -0.1) is 0 Å². The second-order valence-electron chi connectivity index (χ2n) is 5.13. The molecule has 1 aromatic heterocycles. The van der Waals surface area contributed by atoms with E-state index >= 15 is 0 Å². The minimum atomic E-state index is 0.627. The lowest BCUT2D eigenvalue weighted by molar-refractivity contribution is 0.343. The van der Waals surface area contributed by atoms with E-state index in [4.69, 9.17) is 16.3 Å². The molecule has 0 atom stereocenters. The molecule has 2 aromatic carbocycles. The number of halogens is 1. The number of nitrogens with zero attached hydrogens (tertiary/aromatic N) is 1. The number of nitrogens with one attached hydrogen (secondary N) is 1. The second kappa shape index (κ2) is 6.63. The monoisotopic (exact) mass is 332 g/mol. The van der Waals surface area contributed by atoms with E-state index in [2.05, 4.69) is 9.97 Å². The van der Waals surface area contributed by atoms with Gasteiger partial charge < -0.3 is 9.72 Å². The molecule has 3 aromatic rings. The standard InChI is InChI=1S/C17H17ClN2OS/c1-11-9-13(10-12(2)16(11)18)21-7-8-22-17-19-14-5-3-4-6-15(14)20-17/h3-6,9-10H,7-8H2,1-2H3,(H,19,20). The number of ether oxygens (including phenoxy) is 1. The molecule has 114 valence electrons. The number of aromatic amines is 1. The van der Waals surface area contributed by atoms with E-state index in [1.165, 1.54) is 0 Å². The number of H-pyrrole nitrogens is 1. The number of rotatable bonds is 5. The normalized spacial score (nSPS) is 11.0. The molecular weight excluding hydrogens is 316 g/mol. The Morgan fingerprint density at radius 2 is 1.91 bits per heavy atom. The van der Waals surface area contributed by atoms with E-state index < -0.39 is 0 Å². The number of hydrogen-bond acceptors (Lipinski definition) is 3. The number of imidazole rings is 1. The van der Waals surface area contributed by atoms with Gasteiger partial charge in [-0.05, 0) is 49.2 Å². The van der Waals surface area contributed by atoms with Crippen LogP contribution in [-0.4, -0.2) is 22.3 Å². The molecule has 0 aliphatic rings. The first-order valence-corrected chi connectivity index (χ1v) is 8.47. The highest BCUT2D eigenvalue weighted by molar-refractivity contribution is 7.99. The largest absolute Gasteiger partial charge is 0.493 e. The van der Waals surface area contributed by atoms with Crippen LogP contribution in [0.4, 0.5) is 0 Å². The third-order valence-electron chi connectivity index (χ3n) is 3.37. The van der Waals surface area contributed by atoms with Gasteiger partial charge in [0, 0.05) is 10.8 Å². The molecule has 0 fully saturated rings. The summed E-state index contributed by atoms with van der Waals surface area (Å²) < 4.78 is 5.80. The number of aryl methyl sites for hydroxylation is 2. The van der Waals surface area contributed by atoms with Gasteiger partial charge in [0.25, 0.3) is 0 Å². The summed E-state index contributed by atoms with van der Waals surface area (Å²) in [5.74, 6) is 1.70. The third kappa shape index (κ3) is 3.39. The summed E-state index contributed by atoms with van der Waals surface area (Å²) in [4.78, 5) is 7.83. The van der Waals surface area contributed by atoms with Crippen molar-refractivity contribution in [3.05, 3.63) is 52.5 Å². The maximum absolute atomic E-state index is 6.16. The summed E-state index contributed by atoms with van der Waals surface area (Å²) in [5.41, 5.74) is 4.15. The van der Waals surface area contributed by atoms with Crippen molar-refractivity contribution >= 4 is 34.4 Å². The molecule has 0 aliphatic heterocycles. The van der Waals surface area contributed by atoms with Crippen LogP contribution in [0, 0.1) is 13.8 Å². The van der Waals surface area contributed by atoms with Crippen molar-refractivity contribution in [1.82, 2.24) is 9.97 Å². The number of fused-ring (bicyclic) bond motifs is 1. The second-order valence-corrected chi connectivity index (χ2v) is 6.59. The first-order valence-electron chi connectivity index (χ1n) is 7.10. The molecule has 3 nitrogen and oxygen atoms in total. The SMILES string of the molecule is Cc1cc(OCCSc2nc3ccccc3[nH]2)cc(C)c1Cl. The van der Waals surface area contributed by atoms with Gasteiger partial charge in [-0.25, -0.2) is 4.98 Å². The van der Waals surface area contributed by atoms with Crippen LogP contribution in [0.15, 0.2) is 41.6 Å². The van der Waals surface area contributed by atoms with E-state index in [0.717, 1.165) is 43.8 Å². The summed E-state index contributed by atoms with van der Waals surface area (Å²) >= 11 is 7.82. The Morgan fingerprint density at radius 1 is 1.18 bits per heavy atom. The predicted molar refractivity (Wildman–Crippen MR) is 93.2 cm³/mol. The van der Waals surface area contributed by atoms with E-state index in [1.807, 2.05) is 50.2 Å². The maximum Gasteiger partial charge on any atom is 0.166 e. The number of benzene rings is 2. The Bertz CT molecular complexity index is 744.